The van der Waals surface area contributed by atoms with E-state index in [1.54, 1.807) is 7.11 Å². The Labute approximate surface area is 135 Å². The summed E-state index contributed by atoms with van der Waals surface area (Å²) in [5.41, 5.74) is 3.78. The fourth-order valence-electron chi connectivity index (χ4n) is 2.23. The van der Waals surface area contributed by atoms with Crippen LogP contribution in [-0.4, -0.2) is 17.3 Å². The third-order valence-corrected chi connectivity index (χ3v) is 3.47. The largest absolute Gasteiger partial charge is 0.497 e. The molecule has 0 saturated heterocycles. The van der Waals surface area contributed by atoms with Gasteiger partial charge in [-0.15, -0.1) is 0 Å². The second-order valence-electron chi connectivity index (χ2n) is 5.23. The molecule has 0 fully saturated rings. The molecule has 116 valence electrons. The molecule has 0 aliphatic heterocycles. The van der Waals surface area contributed by atoms with E-state index >= 15 is 0 Å². The number of hydrogen-bond donors (Lipinski definition) is 0. The maximum absolute atomic E-state index is 5.87. The third kappa shape index (κ3) is 3.86. The molecule has 3 rings (SSSR count). The van der Waals surface area contributed by atoms with Gasteiger partial charge in [-0.1, -0.05) is 24.3 Å². The van der Waals surface area contributed by atoms with Crippen LogP contribution in [0.4, 0.5) is 0 Å². The molecule has 0 saturated carbocycles. The average molecular weight is 306 g/mol. The lowest BCUT2D eigenvalue weighted by Crippen LogP contribution is -1.96. The Bertz CT molecular complexity index is 785. The second kappa shape index (κ2) is 6.92. The van der Waals surface area contributed by atoms with Crippen molar-refractivity contribution in [2.24, 2.45) is 0 Å². The normalized spacial score (nSPS) is 10.3. The Balaban J connectivity index is 1.73. The molecule has 0 aliphatic carbocycles. The van der Waals surface area contributed by atoms with Gasteiger partial charge in [0.2, 0.25) is 0 Å². The number of methoxy groups -OCH3 is 1. The van der Waals surface area contributed by atoms with Crippen LogP contribution in [0.1, 0.15) is 11.3 Å². The van der Waals surface area contributed by atoms with Crippen molar-refractivity contribution >= 4 is 0 Å². The summed E-state index contributed by atoms with van der Waals surface area (Å²) in [6.07, 6.45) is 0. The molecule has 23 heavy (non-hydrogen) atoms. The maximum atomic E-state index is 5.87. The lowest BCUT2D eigenvalue weighted by molar-refractivity contribution is 0.305. The highest BCUT2D eigenvalue weighted by Gasteiger charge is 2.03. The standard InChI is InChI=1S/C19H18N2O2/c1-14-9-10-19(21-20-14)16-6-4-8-18(12-16)23-13-15-5-3-7-17(11-15)22-2/h3-12H,13H2,1-2H3. The minimum Gasteiger partial charge on any atom is -0.497 e. The van der Waals surface area contributed by atoms with Gasteiger partial charge in [-0.05, 0) is 48.9 Å². The van der Waals surface area contributed by atoms with Gasteiger partial charge in [-0.2, -0.15) is 10.2 Å². The molecule has 0 N–H and O–H groups in total. The third-order valence-electron chi connectivity index (χ3n) is 3.47. The molecule has 1 heterocycles. The van der Waals surface area contributed by atoms with Crippen molar-refractivity contribution in [1.82, 2.24) is 10.2 Å². The number of aromatic nitrogens is 2. The monoisotopic (exact) mass is 306 g/mol. The van der Waals surface area contributed by atoms with Gasteiger partial charge in [-0.3, -0.25) is 0 Å². The highest BCUT2D eigenvalue weighted by Crippen LogP contribution is 2.23. The van der Waals surface area contributed by atoms with Gasteiger partial charge in [0, 0.05) is 5.56 Å². The summed E-state index contributed by atoms with van der Waals surface area (Å²) in [6, 6.07) is 19.6. The van der Waals surface area contributed by atoms with E-state index in [0.717, 1.165) is 34.0 Å². The first-order chi connectivity index (χ1) is 11.2. The zero-order valence-electron chi connectivity index (χ0n) is 13.2. The molecule has 0 spiro atoms. The van der Waals surface area contributed by atoms with E-state index in [2.05, 4.69) is 10.2 Å². The molecule has 1 aromatic heterocycles. The highest BCUT2D eigenvalue weighted by atomic mass is 16.5. The minimum atomic E-state index is 0.486. The second-order valence-corrected chi connectivity index (χ2v) is 5.23. The van der Waals surface area contributed by atoms with Crippen molar-refractivity contribution in [3.8, 4) is 22.8 Å². The van der Waals surface area contributed by atoms with Crippen molar-refractivity contribution in [2.45, 2.75) is 13.5 Å². The molecule has 4 nitrogen and oxygen atoms in total. The van der Waals surface area contributed by atoms with E-state index in [-0.39, 0.29) is 0 Å². The van der Waals surface area contributed by atoms with E-state index < -0.39 is 0 Å². The number of ether oxygens (including phenoxy) is 2. The summed E-state index contributed by atoms with van der Waals surface area (Å²) >= 11 is 0. The number of nitrogens with zero attached hydrogens (tertiary/aromatic N) is 2. The molecule has 4 heteroatoms. The van der Waals surface area contributed by atoms with E-state index in [4.69, 9.17) is 9.47 Å². The van der Waals surface area contributed by atoms with Crippen LogP contribution in [-0.2, 0) is 6.61 Å². The van der Waals surface area contributed by atoms with Crippen LogP contribution in [0, 0.1) is 6.92 Å². The summed E-state index contributed by atoms with van der Waals surface area (Å²) in [4.78, 5) is 0. The predicted octanol–water partition coefficient (Wildman–Crippen LogP) is 4.04. The van der Waals surface area contributed by atoms with Gasteiger partial charge in [0.05, 0.1) is 18.5 Å². The Morgan fingerprint density at radius 1 is 0.870 bits per heavy atom. The van der Waals surface area contributed by atoms with E-state index in [1.165, 1.54) is 0 Å². The Hall–Kier alpha value is -2.88. The van der Waals surface area contributed by atoms with Crippen LogP contribution < -0.4 is 9.47 Å². The molecular weight excluding hydrogens is 288 g/mol. The van der Waals surface area contributed by atoms with Crippen LogP contribution in [0.2, 0.25) is 0 Å². The van der Waals surface area contributed by atoms with Gasteiger partial charge in [0.25, 0.3) is 0 Å². The fraction of sp³-hybridized carbons (Fsp3) is 0.158. The summed E-state index contributed by atoms with van der Waals surface area (Å²) in [6.45, 7) is 2.41. The van der Waals surface area contributed by atoms with Crippen LogP contribution in [0.15, 0.2) is 60.7 Å². The lowest BCUT2D eigenvalue weighted by Gasteiger charge is -2.09. The maximum Gasteiger partial charge on any atom is 0.120 e. The quantitative estimate of drug-likeness (QED) is 0.713. The highest BCUT2D eigenvalue weighted by molar-refractivity contribution is 5.60. The molecule has 0 atom stereocenters. The van der Waals surface area contributed by atoms with Crippen molar-refractivity contribution in [3.63, 3.8) is 0 Å². The number of aryl methyl sites for hydroxylation is 1. The van der Waals surface area contributed by atoms with Crippen molar-refractivity contribution in [1.29, 1.82) is 0 Å². The molecule has 0 amide bonds. The fourth-order valence-corrected chi connectivity index (χ4v) is 2.23. The average Bonchev–Trinajstić information content (AvgIpc) is 2.61. The molecule has 0 bridgehead atoms. The van der Waals surface area contributed by atoms with E-state index in [0.29, 0.717) is 6.61 Å². The first-order valence-corrected chi connectivity index (χ1v) is 7.41. The van der Waals surface area contributed by atoms with E-state index in [9.17, 15) is 0 Å². The zero-order valence-corrected chi connectivity index (χ0v) is 13.2. The molecule has 2 aromatic carbocycles. The number of rotatable bonds is 5. The summed E-state index contributed by atoms with van der Waals surface area (Å²) < 4.78 is 11.1. The Morgan fingerprint density at radius 3 is 2.48 bits per heavy atom. The Kier molecular flexibility index (Phi) is 4.52. The topological polar surface area (TPSA) is 44.2 Å². The first-order valence-electron chi connectivity index (χ1n) is 7.41. The van der Waals surface area contributed by atoms with E-state index in [1.807, 2.05) is 67.6 Å². The van der Waals surface area contributed by atoms with Gasteiger partial charge in [-0.25, -0.2) is 0 Å². The van der Waals surface area contributed by atoms with Crippen LogP contribution >= 0.6 is 0 Å². The van der Waals surface area contributed by atoms with Crippen molar-refractivity contribution in [2.75, 3.05) is 7.11 Å². The molecule has 3 aromatic rings. The number of benzene rings is 2. The summed E-state index contributed by atoms with van der Waals surface area (Å²) in [7, 11) is 1.66. The zero-order chi connectivity index (χ0) is 16.1. The molecule has 0 unspecified atom stereocenters. The molecule has 0 radical (unpaired) electrons. The van der Waals surface area contributed by atoms with Gasteiger partial charge in [0.1, 0.15) is 18.1 Å². The smallest absolute Gasteiger partial charge is 0.120 e. The summed E-state index contributed by atoms with van der Waals surface area (Å²) in [5, 5.41) is 8.30. The Morgan fingerprint density at radius 2 is 1.70 bits per heavy atom. The lowest BCUT2D eigenvalue weighted by atomic mass is 10.1. The van der Waals surface area contributed by atoms with Crippen molar-refractivity contribution < 1.29 is 9.47 Å². The minimum absolute atomic E-state index is 0.486. The summed E-state index contributed by atoms with van der Waals surface area (Å²) in [5.74, 6) is 1.63. The van der Waals surface area contributed by atoms with Crippen LogP contribution in [0.25, 0.3) is 11.3 Å². The van der Waals surface area contributed by atoms with Gasteiger partial charge in [0.15, 0.2) is 0 Å². The molecule has 0 aliphatic rings. The van der Waals surface area contributed by atoms with Gasteiger partial charge >= 0.3 is 0 Å². The van der Waals surface area contributed by atoms with Crippen LogP contribution in [0.5, 0.6) is 11.5 Å². The number of hydrogen-bond acceptors (Lipinski definition) is 4. The van der Waals surface area contributed by atoms with Crippen molar-refractivity contribution in [3.05, 3.63) is 71.9 Å². The van der Waals surface area contributed by atoms with Crippen LogP contribution in [0.3, 0.4) is 0 Å². The first kappa shape index (κ1) is 15.0. The SMILES string of the molecule is COc1cccc(COc2cccc(-c3ccc(C)nn3)c2)c1. The predicted molar refractivity (Wildman–Crippen MR) is 89.5 cm³/mol. The van der Waals surface area contributed by atoms with Gasteiger partial charge < -0.3 is 9.47 Å². The molecular formula is C19H18N2O2.